The molecule has 0 N–H and O–H groups in total. The van der Waals surface area contributed by atoms with Crippen LogP contribution >= 0.6 is 0 Å². The van der Waals surface area contributed by atoms with E-state index in [2.05, 4.69) is 135 Å². The predicted molar refractivity (Wildman–Crippen MR) is 232 cm³/mol. The monoisotopic (exact) mass is 713 g/mol. The molecule has 0 fully saturated rings. The molecule has 0 saturated heterocycles. The molecule has 0 unspecified atom stereocenters. The number of anilines is 4. The van der Waals surface area contributed by atoms with E-state index in [1.54, 1.807) is 0 Å². The van der Waals surface area contributed by atoms with Gasteiger partial charge in [0, 0.05) is 39.1 Å². The molecule has 8 rings (SSSR count). The van der Waals surface area contributed by atoms with E-state index in [-0.39, 0.29) is 5.41 Å². The number of aryl methyl sites for hydroxylation is 1. The van der Waals surface area contributed by atoms with E-state index in [1.165, 1.54) is 16.7 Å². The number of hydrogen-bond acceptors (Lipinski definition) is 4. The molecule has 268 valence electrons. The third-order valence-electron chi connectivity index (χ3n) is 11.1. The highest BCUT2D eigenvalue weighted by molar-refractivity contribution is 5.99. The first kappa shape index (κ1) is 35.2. The topological polar surface area (TPSA) is 43.4 Å². The van der Waals surface area contributed by atoms with Gasteiger partial charge in [-0.05, 0) is 120 Å². The molecule has 0 spiro atoms. The first-order valence-corrected chi connectivity index (χ1v) is 18.7. The molecule has 0 bridgehead atoms. The Kier molecular flexibility index (Phi) is 8.87. The van der Waals surface area contributed by atoms with Crippen LogP contribution in [0.25, 0.3) is 46.5 Å². The Bertz CT molecular complexity index is 2790. The normalized spacial score (nSPS) is 14.3. The van der Waals surface area contributed by atoms with Crippen molar-refractivity contribution < 1.29 is 4.42 Å². The van der Waals surface area contributed by atoms with E-state index in [0.29, 0.717) is 11.0 Å². The Morgan fingerprint density at radius 1 is 0.818 bits per heavy atom. The third-order valence-corrected chi connectivity index (χ3v) is 11.1. The average molecular weight is 714 g/mol. The van der Waals surface area contributed by atoms with Crippen LogP contribution < -0.4 is 20.4 Å². The van der Waals surface area contributed by atoms with Crippen LogP contribution in [-0.2, 0) is 5.41 Å². The molecular weight excluding hydrogens is 671 g/mol. The lowest BCUT2D eigenvalue weighted by Gasteiger charge is -2.31. The molecule has 0 radical (unpaired) electrons. The van der Waals surface area contributed by atoms with Crippen molar-refractivity contribution in [2.75, 3.05) is 9.80 Å². The van der Waals surface area contributed by atoms with Crippen LogP contribution in [0.5, 0.6) is 0 Å². The Hall–Kier alpha value is -6.83. The van der Waals surface area contributed by atoms with E-state index in [1.807, 2.05) is 61.5 Å². The highest BCUT2D eigenvalue weighted by Crippen LogP contribution is 2.55. The van der Waals surface area contributed by atoms with Crippen LogP contribution in [0.15, 0.2) is 151 Å². The summed E-state index contributed by atoms with van der Waals surface area (Å²) in [6.45, 7) is 24.1. The van der Waals surface area contributed by atoms with Gasteiger partial charge in [-0.2, -0.15) is 5.26 Å². The second-order valence-electron chi connectivity index (χ2n) is 14.6. The highest BCUT2D eigenvalue weighted by Gasteiger charge is 2.39. The number of fused-ring (bicyclic) bond motifs is 4. The summed E-state index contributed by atoms with van der Waals surface area (Å²) in [4.78, 5) is 4.57. The summed E-state index contributed by atoms with van der Waals surface area (Å²) in [7, 11) is 0. The van der Waals surface area contributed by atoms with E-state index >= 15 is 0 Å². The van der Waals surface area contributed by atoms with E-state index in [0.717, 1.165) is 85.4 Å². The van der Waals surface area contributed by atoms with Crippen molar-refractivity contribution in [3.63, 3.8) is 0 Å². The fourth-order valence-electron chi connectivity index (χ4n) is 8.44. The van der Waals surface area contributed by atoms with Crippen molar-refractivity contribution in [3.05, 3.63) is 191 Å². The van der Waals surface area contributed by atoms with Crippen molar-refractivity contribution in [2.24, 2.45) is 0 Å². The summed E-state index contributed by atoms with van der Waals surface area (Å²) in [6, 6.07) is 36.0. The Morgan fingerprint density at radius 3 is 2.24 bits per heavy atom. The molecule has 0 atom stereocenters. The van der Waals surface area contributed by atoms with Gasteiger partial charge in [0.2, 0.25) is 0 Å². The number of rotatable bonds is 9. The molecule has 0 saturated carbocycles. The zero-order valence-corrected chi connectivity index (χ0v) is 31.7. The second-order valence-corrected chi connectivity index (χ2v) is 14.6. The van der Waals surface area contributed by atoms with Crippen LogP contribution in [0, 0.1) is 18.3 Å². The zero-order valence-electron chi connectivity index (χ0n) is 31.7. The zero-order chi connectivity index (χ0) is 38.4. The quantitative estimate of drug-likeness (QED) is 0.150. The van der Waals surface area contributed by atoms with Crippen LogP contribution in [0.1, 0.15) is 60.1 Å². The third kappa shape index (κ3) is 5.68. The van der Waals surface area contributed by atoms with Gasteiger partial charge in [0.1, 0.15) is 11.0 Å². The molecule has 1 heterocycles. The van der Waals surface area contributed by atoms with E-state index in [4.69, 9.17) is 4.42 Å². The lowest BCUT2D eigenvalue weighted by molar-refractivity contribution is 0.577. The van der Waals surface area contributed by atoms with Gasteiger partial charge in [0.15, 0.2) is 0 Å². The van der Waals surface area contributed by atoms with Crippen molar-refractivity contribution in [1.82, 2.24) is 0 Å². The molecule has 2 aliphatic carbocycles. The van der Waals surface area contributed by atoms with Crippen molar-refractivity contribution in [1.29, 1.82) is 5.26 Å². The minimum Gasteiger partial charge on any atom is -0.457 e. The molecule has 0 aliphatic heterocycles. The van der Waals surface area contributed by atoms with E-state index in [9.17, 15) is 5.26 Å². The molecule has 5 aromatic carbocycles. The Labute approximate surface area is 323 Å². The first-order valence-electron chi connectivity index (χ1n) is 18.7. The fourth-order valence-corrected chi connectivity index (χ4v) is 8.44. The molecule has 4 heteroatoms. The lowest BCUT2D eigenvalue weighted by Crippen LogP contribution is -2.30. The summed E-state index contributed by atoms with van der Waals surface area (Å²) in [6.07, 6.45) is 14.5. The maximum atomic E-state index is 9.69. The molecule has 55 heavy (non-hydrogen) atoms. The number of nitrogens with zero attached hydrogens (tertiary/aromatic N) is 3. The highest BCUT2D eigenvalue weighted by atomic mass is 16.3. The molecule has 1 aromatic heterocycles. The average Bonchev–Trinajstić information content (AvgIpc) is 3.66. The van der Waals surface area contributed by atoms with Gasteiger partial charge in [-0.15, -0.1) is 0 Å². The molecule has 2 aliphatic rings. The summed E-state index contributed by atoms with van der Waals surface area (Å²) >= 11 is 0. The van der Waals surface area contributed by atoms with Crippen LogP contribution in [-0.4, -0.2) is 0 Å². The number of allylic oxidation sites excluding steroid dienone is 3. The number of furan rings is 1. The summed E-state index contributed by atoms with van der Waals surface area (Å²) in [5.74, 6) is 0. The second kappa shape index (κ2) is 13.9. The van der Waals surface area contributed by atoms with E-state index < -0.39 is 0 Å². The minimum absolute atomic E-state index is 0.383. The van der Waals surface area contributed by atoms with Gasteiger partial charge in [-0.25, -0.2) is 0 Å². The fraction of sp³-hybridized carbons (Fsp3) is 0.118. The van der Waals surface area contributed by atoms with Crippen molar-refractivity contribution >= 4 is 58.1 Å². The Morgan fingerprint density at radius 2 is 1.55 bits per heavy atom. The number of benzene rings is 5. The lowest BCUT2D eigenvalue weighted by atomic mass is 9.81. The maximum absolute atomic E-state index is 9.69. The maximum Gasteiger partial charge on any atom is 0.135 e. The summed E-state index contributed by atoms with van der Waals surface area (Å²) in [5.41, 5.74) is 15.4. The van der Waals surface area contributed by atoms with Gasteiger partial charge >= 0.3 is 0 Å². The standard InChI is InChI=1S/C51H43N3O/c1-8-40-41(9-2)50-42-28-27-39(53(36-19-13-11-14-20-36)38-26-25-35(32-52)33(4)29-38)30-44(42)51(6,7)45(50)31-47(40)54(37-21-15-12-16-22-37)46(10-3)49-34(5)55-48-24-18-17-23-43(48)49/h8-10,12-13,15-31H,1-3,5,11,14H2,4,6-7H3/b49-46-. The summed E-state index contributed by atoms with van der Waals surface area (Å²) < 4.78 is 6.21. The van der Waals surface area contributed by atoms with Gasteiger partial charge in [-0.3, -0.25) is 0 Å². The number of nitriles is 1. The van der Waals surface area contributed by atoms with Crippen molar-refractivity contribution in [3.8, 4) is 17.2 Å². The number of hydrogen-bond donors (Lipinski definition) is 0. The molecule has 4 nitrogen and oxygen atoms in total. The molecule has 6 aromatic rings. The largest absolute Gasteiger partial charge is 0.457 e. The van der Waals surface area contributed by atoms with Crippen LogP contribution in [0.4, 0.5) is 22.7 Å². The van der Waals surface area contributed by atoms with Crippen LogP contribution in [0.3, 0.4) is 0 Å². The first-order chi connectivity index (χ1) is 26.7. The van der Waals surface area contributed by atoms with Gasteiger partial charge in [-0.1, -0.05) is 107 Å². The number of para-hydroxylation sites is 2. The Balaban J connectivity index is 1.37. The van der Waals surface area contributed by atoms with Crippen molar-refractivity contribution in [2.45, 2.75) is 39.0 Å². The van der Waals surface area contributed by atoms with Gasteiger partial charge in [0.25, 0.3) is 0 Å². The molecule has 0 amide bonds. The SMILES string of the molecule is C=C/C(=c1\c(=C)oc2ccccc12)N(c1ccccc1)c1cc2c(c(C=C)c1C=C)-c1ccc(N(C3=CCCC=C3)c3ccc(C#N)c(C)c3)cc1C2(C)C. The predicted octanol–water partition coefficient (Wildman–Crippen LogP) is 12.1. The van der Waals surface area contributed by atoms with Gasteiger partial charge in [0.05, 0.1) is 28.2 Å². The van der Waals surface area contributed by atoms with Crippen LogP contribution in [0.2, 0.25) is 0 Å². The molecular formula is C51H43N3O. The van der Waals surface area contributed by atoms with Gasteiger partial charge < -0.3 is 14.2 Å². The minimum atomic E-state index is -0.383. The summed E-state index contributed by atoms with van der Waals surface area (Å²) in [5, 5.41) is 11.6. The smallest absolute Gasteiger partial charge is 0.135 e.